The largest absolute Gasteiger partial charge is 0.495 e. The van der Waals surface area contributed by atoms with Crippen molar-refractivity contribution in [3.63, 3.8) is 0 Å². The molecule has 0 amide bonds. The van der Waals surface area contributed by atoms with E-state index < -0.39 is 0 Å². The van der Waals surface area contributed by atoms with Crippen LogP contribution in [-0.2, 0) is 6.42 Å². The van der Waals surface area contributed by atoms with Gasteiger partial charge in [-0.1, -0.05) is 6.92 Å². The minimum absolute atomic E-state index is 0.836. The van der Waals surface area contributed by atoms with Gasteiger partial charge in [0.1, 0.15) is 11.3 Å². The summed E-state index contributed by atoms with van der Waals surface area (Å²) in [7, 11) is 3.40. The predicted molar refractivity (Wildman–Crippen MR) is 79.6 cm³/mol. The van der Waals surface area contributed by atoms with Gasteiger partial charge in [0.2, 0.25) is 0 Å². The molecule has 0 N–H and O–H groups in total. The fourth-order valence-electron chi connectivity index (χ4n) is 2.38. The van der Waals surface area contributed by atoms with Crippen molar-refractivity contribution in [3.05, 3.63) is 29.3 Å². The molecule has 4 heteroatoms. The number of aryl methyl sites for hydroxylation is 1. The van der Waals surface area contributed by atoms with E-state index in [2.05, 4.69) is 18.0 Å². The van der Waals surface area contributed by atoms with Gasteiger partial charge in [-0.3, -0.25) is 4.98 Å². The van der Waals surface area contributed by atoms with E-state index in [0.717, 1.165) is 38.9 Å². The molecule has 2 heterocycles. The third-order valence-electron chi connectivity index (χ3n) is 3.26. The number of aromatic nitrogens is 1. The molecule has 0 bridgehead atoms. The molecule has 98 valence electrons. The zero-order valence-corrected chi connectivity index (χ0v) is 12.0. The van der Waals surface area contributed by atoms with Crippen molar-refractivity contribution in [1.29, 1.82) is 0 Å². The number of fused-ring (bicyclic) bond motifs is 2. The van der Waals surface area contributed by atoms with E-state index in [9.17, 15) is 0 Å². The van der Waals surface area contributed by atoms with Crippen LogP contribution in [0.25, 0.3) is 21.0 Å². The summed E-state index contributed by atoms with van der Waals surface area (Å²) < 4.78 is 12.3. The first-order valence-corrected chi connectivity index (χ1v) is 7.02. The van der Waals surface area contributed by atoms with Crippen LogP contribution < -0.4 is 9.47 Å². The van der Waals surface area contributed by atoms with Crippen LogP contribution in [0, 0.1) is 0 Å². The molecule has 0 radical (unpaired) electrons. The fraction of sp³-hybridized carbons (Fsp3) is 0.267. The molecule has 0 aliphatic carbocycles. The molecule has 3 aromatic rings. The molecule has 1 aromatic carbocycles. The van der Waals surface area contributed by atoms with Crippen molar-refractivity contribution in [2.45, 2.75) is 13.3 Å². The second-order valence-electron chi connectivity index (χ2n) is 4.28. The van der Waals surface area contributed by atoms with Gasteiger partial charge in [0.05, 0.1) is 18.9 Å². The second-order valence-corrected chi connectivity index (χ2v) is 5.41. The zero-order valence-electron chi connectivity index (χ0n) is 11.2. The van der Waals surface area contributed by atoms with Gasteiger partial charge in [0.15, 0.2) is 5.75 Å². The quantitative estimate of drug-likeness (QED) is 0.722. The Labute approximate surface area is 115 Å². The van der Waals surface area contributed by atoms with Gasteiger partial charge >= 0.3 is 0 Å². The number of thiophene rings is 1. The molecule has 0 fully saturated rings. The lowest BCUT2D eigenvalue weighted by Crippen LogP contribution is -1.92. The molecule has 0 saturated heterocycles. The summed E-state index contributed by atoms with van der Waals surface area (Å²) in [5.41, 5.74) is 0.856. The molecule has 19 heavy (non-hydrogen) atoms. The highest BCUT2D eigenvalue weighted by atomic mass is 32.1. The summed E-state index contributed by atoms with van der Waals surface area (Å²) in [5, 5.41) is 2.09. The van der Waals surface area contributed by atoms with Gasteiger partial charge in [-0.2, -0.15) is 0 Å². The van der Waals surface area contributed by atoms with E-state index in [1.807, 2.05) is 12.1 Å². The van der Waals surface area contributed by atoms with Crippen LogP contribution in [0.2, 0.25) is 0 Å². The highest BCUT2D eigenvalue weighted by Gasteiger charge is 2.18. The van der Waals surface area contributed by atoms with Crippen LogP contribution in [-0.4, -0.2) is 19.2 Å². The Morgan fingerprint density at radius 1 is 1.16 bits per heavy atom. The van der Waals surface area contributed by atoms with Crippen molar-refractivity contribution in [3.8, 4) is 11.5 Å². The van der Waals surface area contributed by atoms with Crippen LogP contribution in [0.5, 0.6) is 11.5 Å². The molecule has 0 aliphatic rings. The van der Waals surface area contributed by atoms with Crippen molar-refractivity contribution < 1.29 is 9.47 Å². The van der Waals surface area contributed by atoms with E-state index >= 15 is 0 Å². The standard InChI is InChI=1S/C15H15NO2S/c1-4-9-8-11-13(17-2)12-10(6-5-7-16-12)14(18-3)15(11)19-9/h5-8H,4H2,1-3H3. The Kier molecular flexibility index (Phi) is 3.03. The van der Waals surface area contributed by atoms with Gasteiger partial charge < -0.3 is 9.47 Å². The molecule has 0 saturated carbocycles. The van der Waals surface area contributed by atoms with Crippen molar-refractivity contribution in [1.82, 2.24) is 4.98 Å². The maximum absolute atomic E-state index is 5.61. The molecule has 0 aliphatic heterocycles. The number of hydrogen-bond acceptors (Lipinski definition) is 4. The third kappa shape index (κ3) is 1.75. The first-order valence-electron chi connectivity index (χ1n) is 6.21. The second kappa shape index (κ2) is 4.70. The number of rotatable bonds is 3. The van der Waals surface area contributed by atoms with Gasteiger partial charge in [-0.05, 0) is 24.6 Å². The maximum Gasteiger partial charge on any atom is 0.154 e. The van der Waals surface area contributed by atoms with E-state index in [-0.39, 0.29) is 0 Å². The maximum atomic E-state index is 5.61. The first-order chi connectivity index (χ1) is 9.30. The molecule has 2 aromatic heterocycles. The Hall–Kier alpha value is -1.81. The van der Waals surface area contributed by atoms with Crippen molar-refractivity contribution >= 4 is 32.3 Å². The average molecular weight is 273 g/mol. The lowest BCUT2D eigenvalue weighted by molar-refractivity contribution is 0.417. The average Bonchev–Trinajstić information content (AvgIpc) is 2.88. The monoisotopic (exact) mass is 273 g/mol. The Morgan fingerprint density at radius 3 is 2.63 bits per heavy atom. The minimum Gasteiger partial charge on any atom is -0.495 e. The SMILES string of the molecule is CCc1cc2c(OC)c3ncccc3c(OC)c2s1. The number of pyridine rings is 1. The van der Waals surface area contributed by atoms with Crippen LogP contribution in [0.1, 0.15) is 11.8 Å². The lowest BCUT2D eigenvalue weighted by atomic mass is 10.1. The number of ether oxygens (including phenoxy) is 2. The van der Waals surface area contributed by atoms with Gasteiger partial charge in [0.25, 0.3) is 0 Å². The van der Waals surface area contributed by atoms with E-state index in [1.165, 1.54) is 4.88 Å². The summed E-state index contributed by atoms with van der Waals surface area (Å²) in [6.45, 7) is 2.15. The summed E-state index contributed by atoms with van der Waals surface area (Å²) in [4.78, 5) is 5.77. The molecular formula is C15H15NO2S. The molecule has 3 nitrogen and oxygen atoms in total. The Bertz CT molecular complexity index is 688. The van der Waals surface area contributed by atoms with Gasteiger partial charge in [-0.25, -0.2) is 0 Å². The summed E-state index contributed by atoms with van der Waals surface area (Å²) in [5.74, 6) is 1.73. The molecule has 3 rings (SSSR count). The van der Waals surface area contributed by atoms with E-state index in [4.69, 9.17) is 9.47 Å². The summed E-state index contributed by atoms with van der Waals surface area (Å²) >= 11 is 1.76. The molecule has 0 spiro atoms. The number of hydrogen-bond donors (Lipinski definition) is 0. The van der Waals surface area contributed by atoms with Crippen molar-refractivity contribution in [2.75, 3.05) is 14.2 Å². The zero-order chi connectivity index (χ0) is 13.4. The highest BCUT2D eigenvalue weighted by molar-refractivity contribution is 7.19. The predicted octanol–water partition coefficient (Wildman–Crippen LogP) is 4.03. The van der Waals surface area contributed by atoms with Gasteiger partial charge in [0, 0.05) is 21.8 Å². The Morgan fingerprint density at radius 2 is 1.95 bits per heavy atom. The molecule has 0 unspecified atom stereocenters. The minimum atomic E-state index is 0.836. The van der Waals surface area contributed by atoms with Gasteiger partial charge in [-0.15, -0.1) is 11.3 Å². The number of nitrogens with zero attached hydrogens (tertiary/aromatic N) is 1. The summed E-state index contributed by atoms with van der Waals surface area (Å²) in [6, 6.07) is 6.12. The van der Waals surface area contributed by atoms with Crippen LogP contribution in [0.3, 0.4) is 0 Å². The smallest absolute Gasteiger partial charge is 0.154 e. The first kappa shape index (κ1) is 12.2. The molecule has 0 atom stereocenters. The highest BCUT2D eigenvalue weighted by Crippen LogP contribution is 2.45. The topological polar surface area (TPSA) is 31.4 Å². The fourth-order valence-corrected chi connectivity index (χ4v) is 3.51. The van der Waals surface area contributed by atoms with E-state index in [1.54, 1.807) is 31.8 Å². The van der Waals surface area contributed by atoms with Crippen LogP contribution in [0.15, 0.2) is 24.4 Å². The van der Waals surface area contributed by atoms with Crippen LogP contribution in [0.4, 0.5) is 0 Å². The number of benzene rings is 1. The molecular weight excluding hydrogens is 258 g/mol. The number of methoxy groups -OCH3 is 2. The van der Waals surface area contributed by atoms with E-state index in [0.29, 0.717) is 0 Å². The summed E-state index contributed by atoms with van der Waals surface area (Å²) in [6.07, 6.45) is 2.79. The van der Waals surface area contributed by atoms with Crippen molar-refractivity contribution in [2.24, 2.45) is 0 Å². The van der Waals surface area contributed by atoms with Crippen LogP contribution >= 0.6 is 11.3 Å². The Balaban J connectivity index is 2.54. The third-order valence-corrected chi connectivity index (χ3v) is 4.54. The lowest BCUT2D eigenvalue weighted by Gasteiger charge is -2.10. The normalized spacial score (nSPS) is 11.1.